The zero-order valence-corrected chi connectivity index (χ0v) is 21.9. The zero-order chi connectivity index (χ0) is 26.4. The van der Waals surface area contributed by atoms with Crippen LogP contribution in [0.15, 0.2) is 24.3 Å². The molecule has 0 bridgehead atoms. The van der Waals surface area contributed by atoms with E-state index in [4.69, 9.17) is 0 Å². The van der Waals surface area contributed by atoms with Crippen LogP contribution in [-0.2, 0) is 11.0 Å². The number of benzene rings is 1. The van der Waals surface area contributed by atoms with Crippen LogP contribution in [0.2, 0.25) is 0 Å². The molecule has 1 aromatic carbocycles. The monoisotopic (exact) mass is 522 g/mol. The number of likely N-dealkylation sites (tertiary alicyclic amines) is 1. The van der Waals surface area contributed by atoms with Gasteiger partial charge in [-0.15, -0.1) is 0 Å². The number of rotatable bonds is 9. The Bertz CT molecular complexity index is 911. The molecular weight excluding hydrogens is 481 g/mol. The molecule has 2 aliphatic heterocycles. The minimum Gasteiger partial charge on any atom is -0.345 e. The Labute approximate surface area is 218 Å². The van der Waals surface area contributed by atoms with Gasteiger partial charge >= 0.3 is 6.18 Å². The highest BCUT2D eigenvalue weighted by Gasteiger charge is 2.32. The quantitative estimate of drug-likeness (QED) is 0.530. The highest BCUT2D eigenvalue weighted by Crippen LogP contribution is 2.29. The van der Waals surface area contributed by atoms with Gasteiger partial charge in [0.15, 0.2) is 5.78 Å². The summed E-state index contributed by atoms with van der Waals surface area (Å²) in [5.74, 6) is -0.494. The molecule has 3 fully saturated rings. The first kappa shape index (κ1) is 28.0. The molecule has 206 valence electrons. The Kier molecular flexibility index (Phi) is 9.64. The maximum atomic E-state index is 12.9. The van der Waals surface area contributed by atoms with Gasteiger partial charge in [-0.2, -0.15) is 13.2 Å². The molecule has 0 aromatic heterocycles. The van der Waals surface area contributed by atoms with Crippen molar-refractivity contribution >= 4 is 11.7 Å². The molecule has 9 heteroatoms. The van der Waals surface area contributed by atoms with Crippen molar-refractivity contribution in [3.05, 3.63) is 35.4 Å². The third-order valence-corrected chi connectivity index (χ3v) is 8.38. The number of amides is 1. The lowest BCUT2D eigenvalue weighted by Gasteiger charge is -2.42. The molecule has 1 aliphatic carbocycles. The zero-order valence-electron chi connectivity index (χ0n) is 21.9. The van der Waals surface area contributed by atoms with Crippen molar-refractivity contribution in [2.75, 3.05) is 52.4 Å². The first-order valence-corrected chi connectivity index (χ1v) is 13.9. The number of alkyl halides is 3. The molecule has 3 aliphatic rings. The second kappa shape index (κ2) is 12.7. The fourth-order valence-corrected chi connectivity index (χ4v) is 6.19. The van der Waals surface area contributed by atoms with Crippen LogP contribution >= 0.6 is 0 Å². The average Bonchev–Trinajstić information content (AvgIpc) is 3.36. The molecule has 1 amide bonds. The van der Waals surface area contributed by atoms with Gasteiger partial charge in [0.2, 0.25) is 0 Å². The van der Waals surface area contributed by atoms with E-state index in [2.05, 4.69) is 26.9 Å². The number of nitrogens with zero attached hydrogens (tertiary/aromatic N) is 3. The first-order chi connectivity index (χ1) is 17.7. The molecule has 37 heavy (non-hydrogen) atoms. The van der Waals surface area contributed by atoms with Gasteiger partial charge in [-0.3, -0.25) is 24.3 Å². The third kappa shape index (κ3) is 8.01. The van der Waals surface area contributed by atoms with E-state index in [1.807, 2.05) is 0 Å². The number of nitrogens with one attached hydrogen (secondary N) is 1. The van der Waals surface area contributed by atoms with Gasteiger partial charge in [0.1, 0.15) is 0 Å². The fraction of sp³-hybridized carbons (Fsp3) is 0.714. The molecule has 2 heterocycles. The van der Waals surface area contributed by atoms with E-state index in [9.17, 15) is 22.8 Å². The number of ketones is 1. The van der Waals surface area contributed by atoms with E-state index < -0.39 is 17.6 Å². The summed E-state index contributed by atoms with van der Waals surface area (Å²) in [6.45, 7) is 9.59. The van der Waals surface area contributed by atoms with Gasteiger partial charge in [-0.05, 0) is 56.8 Å². The summed E-state index contributed by atoms with van der Waals surface area (Å²) in [5, 5.41) is 2.49. The van der Waals surface area contributed by atoms with Crippen LogP contribution in [0.3, 0.4) is 0 Å². The number of halogens is 3. The second-order valence-electron chi connectivity index (χ2n) is 11.1. The number of hydrogen-bond acceptors (Lipinski definition) is 5. The molecule has 4 rings (SSSR count). The molecular formula is C28H41F3N4O2. The van der Waals surface area contributed by atoms with Gasteiger partial charge in [-0.1, -0.05) is 25.3 Å². The van der Waals surface area contributed by atoms with Crippen molar-refractivity contribution in [1.82, 2.24) is 20.0 Å². The van der Waals surface area contributed by atoms with Crippen molar-refractivity contribution in [3.8, 4) is 0 Å². The van der Waals surface area contributed by atoms with Crippen molar-refractivity contribution in [1.29, 1.82) is 0 Å². The normalized spacial score (nSPS) is 23.7. The molecule has 1 saturated carbocycles. The lowest BCUT2D eigenvalue weighted by atomic mass is 9.94. The predicted molar refractivity (Wildman–Crippen MR) is 137 cm³/mol. The summed E-state index contributed by atoms with van der Waals surface area (Å²) in [6, 6.07) is 5.48. The van der Waals surface area contributed by atoms with Crippen LogP contribution < -0.4 is 5.32 Å². The molecule has 1 N–H and O–H groups in total. The average molecular weight is 523 g/mol. The van der Waals surface area contributed by atoms with Gasteiger partial charge in [0, 0.05) is 63.3 Å². The molecule has 0 radical (unpaired) electrons. The summed E-state index contributed by atoms with van der Waals surface area (Å²) in [7, 11) is 0. The van der Waals surface area contributed by atoms with E-state index in [-0.39, 0.29) is 23.8 Å². The summed E-state index contributed by atoms with van der Waals surface area (Å²) >= 11 is 0. The van der Waals surface area contributed by atoms with Crippen molar-refractivity contribution in [3.63, 3.8) is 0 Å². The number of hydrogen-bond donors (Lipinski definition) is 1. The van der Waals surface area contributed by atoms with Crippen LogP contribution in [0.4, 0.5) is 13.2 Å². The minimum absolute atomic E-state index is 0.0846. The second-order valence-corrected chi connectivity index (χ2v) is 11.1. The topological polar surface area (TPSA) is 55.9 Å². The van der Waals surface area contributed by atoms with Crippen LogP contribution in [0.5, 0.6) is 0 Å². The molecule has 6 nitrogen and oxygen atoms in total. The Hall–Kier alpha value is -1.97. The number of carbonyl (C=O) groups excluding carboxylic acids is 2. The van der Waals surface area contributed by atoms with Crippen LogP contribution in [0, 0.1) is 5.92 Å². The van der Waals surface area contributed by atoms with Crippen LogP contribution in [-0.4, -0.2) is 90.8 Å². The van der Waals surface area contributed by atoms with Crippen LogP contribution in [0.25, 0.3) is 0 Å². The predicted octanol–water partition coefficient (Wildman–Crippen LogP) is 4.06. The Balaban J connectivity index is 1.14. The van der Waals surface area contributed by atoms with Gasteiger partial charge in [0.25, 0.3) is 5.91 Å². The molecule has 0 spiro atoms. The van der Waals surface area contributed by atoms with Crippen molar-refractivity contribution < 1.29 is 22.8 Å². The first-order valence-electron chi connectivity index (χ1n) is 13.9. The smallest absolute Gasteiger partial charge is 0.345 e. The van der Waals surface area contributed by atoms with E-state index in [1.54, 1.807) is 0 Å². The minimum atomic E-state index is -4.51. The van der Waals surface area contributed by atoms with E-state index in [1.165, 1.54) is 57.3 Å². The Morgan fingerprint density at radius 1 is 1.03 bits per heavy atom. The fourth-order valence-electron chi connectivity index (χ4n) is 6.19. The SMILES string of the molecule is CC(CN1CCN(C2CCCCC2)CC1)N1CCC(CC(=O)CNC(=O)c2cccc(C(F)(F)F)c2)C1. The van der Waals surface area contributed by atoms with Gasteiger partial charge < -0.3 is 5.32 Å². The molecule has 2 saturated heterocycles. The summed E-state index contributed by atoms with van der Waals surface area (Å²) in [6.07, 6.45) is 3.69. The summed E-state index contributed by atoms with van der Waals surface area (Å²) < 4.78 is 38.7. The van der Waals surface area contributed by atoms with E-state index >= 15 is 0 Å². The Morgan fingerprint density at radius 3 is 2.46 bits per heavy atom. The molecule has 1 aromatic rings. The van der Waals surface area contributed by atoms with E-state index in [0.29, 0.717) is 12.5 Å². The largest absolute Gasteiger partial charge is 0.416 e. The highest BCUT2D eigenvalue weighted by molar-refractivity contribution is 5.96. The number of Topliss-reactive ketones (excluding diaryl/α,β-unsaturated/α-hetero) is 1. The third-order valence-electron chi connectivity index (χ3n) is 8.38. The van der Waals surface area contributed by atoms with Gasteiger partial charge in [0.05, 0.1) is 12.1 Å². The molecule has 2 atom stereocenters. The van der Waals surface area contributed by atoms with Gasteiger partial charge in [-0.25, -0.2) is 0 Å². The summed E-state index contributed by atoms with van der Waals surface area (Å²) in [4.78, 5) is 32.5. The van der Waals surface area contributed by atoms with Crippen LogP contribution in [0.1, 0.15) is 67.8 Å². The van der Waals surface area contributed by atoms with Crippen molar-refractivity contribution in [2.45, 2.75) is 70.1 Å². The van der Waals surface area contributed by atoms with E-state index in [0.717, 1.165) is 57.3 Å². The Morgan fingerprint density at radius 2 is 1.76 bits per heavy atom. The lowest BCUT2D eigenvalue weighted by molar-refractivity contribution is -0.137. The molecule has 2 unspecified atom stereocenters. The highest BCUT2D eigenvalue weighted by atomic mass is 19.4. The lowest BCUT2D eigenvalue weighted by Crippen LogP contribution is -2.53. The number of piperazine rings is 1. The standard InChI is InChI=1S/C28H41F3N4O2/c1-21(19-33-12-14-34(15-13-33)25-8-3-2-4-9-25)35-11-10-22(20-35)16-26(36)18-32-27(37)23-6-5-7-24(17-23)28(29,30)31/h5-7,17,21-22,25H,2-4,8-16,18-20H2,1H3,(H,32,37). The maximum absolute atomic E-state index is 12.9. The number of carbonyl (C=O) groups is 2. The maximum Gasteiger partial charge on any atom is 0.416 e. The van der Waals surface area contributed by atoms with Crippen molar-refractivity contribution in [2.24, 2.45) is 5.92 Å². The summed E-state index contributed by atoms with van der Waals surface area (Å²) in [5.41, 5.74) is -0.971.